The van der Waals surface area contributed by atoms with E-state index < -0.39 is 6.04 Å². The summed E-state index contributed by atoms with van der Waals surface area (Å²) in [6, 6.07) is 9.09. The van der Waals surface area contributed by atoms with Crippen LogP contribution in [-0.4, -0.2) is 52.1 Å². The predicted molar refractivity (Wildman–Crippen MR) is 124 cm³/mol. The van der Waals surface area contributed by atoms with Crippen molar-refractivity contribution >= 4 is 23.6 Å². The van der Waals surface area contributed by atoms with Crippen molar-refractivity contribution in [2.75, 3.05) is 6.54 Å². The van der Waals surface area contributed by atoms with E-state index in [1.807, 2.05) is 42.5 Å². The third kappa shape index (κ3) is 5.18. The van der Waals surface area contributed by atoms with Gasteiger partial charge in [-0.1, -0.05) is 55.3 Å². The number of allylic oxidation sites excluding steroid dienone is 2. The zero-order chi connectivity index (χ0) is 23.4. The third-order valence-corrected chi connectivity index (χ3v) is 7.21. The maximum Gasteiger partial charge on any atom is 0.242 e. The summed E-state index contributed by atoms with van der Waals surface area (Å²) in [6.07, 6.45) is 9.25. The molecule has 1 saturated heterocycles. The third-order valence-electron chi connectivity index (χ3n) is 7.21. The number of hydrogen-bond donors (Lipinski definition) is 1. The second-order valence-electron chi connectivity index (χ2n) is 9.41. The smallest absolute Gasteiger partial charge is 0.242 e. The van der Waals surface area contributed by atoms with Crippen molar-refractivity contribution < 1.29 is 19.2 Å². The van der Waals surface area contributed by atoms with Crippen LogP contribution in [0.15, 0.2) is 42.5 Å². The SMILES string of the molecule is C[C@@H](C(=O)NC1CCCC1)N(Cc1ccccc1)C(=O)CCN1C(=O)[C@H]2CC=CC[C@H]2C1=O. The first kappa shape index (κ1) is 23.2. The molecule has 0 unspecified atom stereocenters. The first-order chi connectivity index (χ1) is 16.0. The Bertz CT molecular complexity index is 897. The highest BCUT2D eigenvalue weighted by Crippen LogP contribution is 2.35. The van der Waals surface area contributed by atoms with Crippen molar-refractivity contribution in [1.29, 1.82) is 0 Å². The number of carbonyl (C=O) groups is 4. The summed E-state index contributed by atoms with van der Waals surface area (Å²) < 4.78 is 0. The molecule has 0 aromatic heterocycles. The van der Waals surface area contributed by atoms with Crippen molar-refractivity contribution in [2.24, 2.45) is 11.8 Å². The van der Waals surface area contributed by atoms with E-state index in [1.54, 1.807) is 11.8 Å². The summed E-state index contributed by atoms with van der Waals surface area (Å²) in [5, 5.41) is 3.09. The Kier molecular flexibility index (Phi) is 7.26. The fraction of sp³-hybridized carbons (Fsp3) is 0.538. The minimum absolute atomic E-state index is 0.0121. The molecule has 0 spiro atoms. The molecule has 176 valence electrons. The van der Waals surface area contributed by atoms with Gasteiger partial charge in [-0.3, -0.25) is 24.1 Å². The standard InChI is InChI=1S/C26H33N3O4/c1-18(24(31)27-20-11-5-6-12-20)29(17-19-9-3-2-4-10-19)23(30)15-16-28-25(32)21-13-7-8-14-22(21)26(28)33/h2-4,7-10,18,20-22H,5-6,11-17H2,1H3,(H,27,31)/t18-,21-,22+/m0/s1. The minimum atomic E-state index is -0.643. The fourth-order valence-corrected chi connectivity index (χ4v) is 5.20. The molecule has 1 aromatic rings. The summed E-state index contributed by atoms with van der Waals surface area (Å²) in [5.41, 5.74) is 0.928. The number of fused-ring (bicyclic) bond motifs is 1. The van der Waals surface area contributed by atoms with Crippen molar-refractivity contribution in [1.82, 2.24) is 15.1 Å². The molecular weight excluding hydrogens is 418 g/mol. The Labute approximate surface area is 195 Å². The van der Waals surface area contributed by atoms with Gasteiger partial charge in [0.1, 0.15) is 6.04 Å². The fourth-order valence-electron chi connectivity index (χ4n) is 5.20. The van der Waals surface area contributed by atoms with Gasteiger partial charge in [0.25, 0.3) is 0 Å². The highest BCUT2D eigenvalue weighted by Gasteiger charge is 2.47. The lowest BCUT2D eigenvalue weighted by Crippen LogP contribution is -2.50. The number of likely N-dealkylation sites (tertiary alicyclic amines) is 1. The monoisotopic (exact) mass is 451 g/mol. The molecule has 4 rings (SSSR count). The van der Waals surface area contributed by atoms with Crippen LogP contribution < -0.4 is 5.32 Å². The van der Waals surface area contributed by atoms with Crippen molar-refractivity contribution in [3.05, 3.63) is 48.0 Å². The van der Waals surface area contributed by atoms with Crippen molar-refractivity contribution in [2.45, 2.75) is 70.5 Å². The zero-order valence-electron chi connectivity index (χ0n) is 19.2. The number of nitrogens with zero attached hydrogens (tertiary/aromatic N) is 2. The van der Waals surface area contributed by atoms with Gasteiger partial charge in [-0.25, -0.2) is 0 Å². The van der Waals surface area contributed by atoms with Gasteiger partial charge in [0.05, 0.1) is 11.8 Å². The Morgan fingerprint density at radius 3 is 2.24 bits per heavy atom. The predicted octanol–water partition coefficient (Wildman–Crippen LogP) is 2.80. The minimum Gasteiger partial charge on any atom is -0.352 e. The number of imide groups is 1. The molecule has 3 aliphatic rings. The van der Waals surface area contributed by atoms with E-state index >= 15 is 0 Å². The molecule has 4 amide bonds. The quantitative estimate of drug-likeness (QED) is 0.486. The van der Waals surface area contributed by atoms with Gasteiger partial charge < -0.3 is 10.2 Å². The molecule has 7 nitrogen and oxygen atoms in total. The van der Waals surface area contributed by atoms with Gasteiger partial charge in [0.2, 0.25) is 23.6 Å². The number of hydrogen-bond acceptors (Lipinski definition) is 4. The van der Waals surface area contributed by atoms with Crippen LogP contribution in [0.3, 0.4) is 0 Å². The van der Waals surface area contributed by atoms with E-state index in [4.69, 9.17) is 0 Å². The molecule has 0 radical (unpaired) electrons. The van der Waals surface area contributed by atoms with Crippen LogP contribution in [0.4, 0.5) is 0 Å². The highest BCUT2D eigenvalue weighted by atomic mass is 16.2. The zero-order valence-corrected chi connectivity index (χ0v) is 19.2. The van der Waals surface area contributed by atoms with Crippen molar-refractivity contribution in [3.8, 4) is 0 Å². The molecule has 2 aliphatic carbocycles. The second kappa shape index (κ2) is 10.3. The van der Waals surface area contributed by atoms with Gasteiger partial charge in [-0.05, 0) is 38.2 Å². The summed E-state index contributed by atoms with van der Waals surface area (Å²) in [5.74, 6) is -1.34. The molecule has 7 heteroatoms. The van der Waals surface area contributed by atoms with Gasteiger partial charge in [0, 0.05) is 25.6 Å². The van der Waals surface area contributed by atoms with Crippen LogP contribution in [0, 0.1) is 11.8 Å². The molecule has 1 saturated carbocycles. The van der Waals surface area contributed by atoms with Crippen LogP contribution in [0.25, 0.3) is 0 Å². The first-order valence-electron chi connectivity index (χ1n) is 12.1. The number of benzene rings is 1. The van der Waals surface area contributed by atoms with E-state index in [0.717, 1.165) is 31.2 Å². The molecular formula is C26H33N3O4. The van der Waals surface area contributed by atoms with Crippen LogP contribution in [0.5, 0.6) is 0 Å². The average molecular weight is 452 g/mol. The van der Waals surface area contributed by atoms with E-state index in [1.165, 1.54) is 4.90 Å². The van der Waals surface area contributed by atoms with E-state index in [9.17, 15) is 19.2 Å². The lowest BCUT2D eigenvalue weighted by Gasteiger charge is -2.30. The summed E-state index contributed by atoms with van der Waals surface area (Å²) in [7, 11) is 0. The number of amides is 4. The Hall–Kier alpha value is -2.96. The van der Waals surface area contributed by atoms with Crippen molar-refractivity contribution in [3.63, 3.8) is 0 Å². The number of rotatable bonds is 8. The summed E-state index contributed by atoms with van der Waals surface area (Å²) >= 11 is 0. The van der Waals surface area contributed by atoms with Gasteiger partial charge in [-0.2, -0.15) is 0 Å². The maximum absolute atomic E-state index is 13.3. The average Bonchev–Trinajstić information content (AvgIpc) is 3.43. The Morgan fingerprint density at radius 2 is 1.64 bits per heavy atom. The van der Waals surface area contributed by atoms with E-state index in [0.29, 0.717) is 19.4 Å². The molecule has 0 bridgehead atoms. The van der Waals surface area contributed by atoms with Crippen LogP contribution >= 0.6 is 0 Å². The Balaban J connectivity index is 1.43. The van der Waals surface area contributed by atoms with Crippen LogP contribution in [-0.2, 0) is 25.7 Å². The first-order valence-corrected chi connectivity index (χ1v) is 12.1. The number of carbonyl (C=O) groups excluding carboxylic acids is 4. The second-order valence-corrected chi connectivity index (χ2v) is 9.41. The molecule has 2 fully saturated rings. The maximum atomic E-state index is 13.3. The normalized spacial score (nSPS) is 23.5. The molecule has 1 aromatic carbocycles. The van der Waals surface area contributed by atoms with Gasteiger partial charge >= 0.3 is 0 Å². The molecule has 1 aliphatic heterocycles. The molecule has 33 heavy (non-hydrogen) atoms. The number of nitrogens with one attached hydrogen (secondary N) is 1. The summed E-state index contributed by atoms with van der Waals surface area (Å²) in [4.78, 5) is 54.5. The topological polar surface area (TPSA) is 86.8 Å². The molecule has 1 heterocycles. The Morgan fingerprint density at radius 1 is 1.03 bits per heavy atom. The molecule has 3 atom stereocenters. The summed E-state index contributed by atoms with van der Waals surface area (Å²) in [6.45, 7) is 2.11. The van der Waals surface area contributed by atoms with E-state index in [2.05, 4.69) is 5.32 Å². The lowest BCUT2D eigenvalue weighted by molar-refractivity contribution is -0.144. The molecule has 1 N–H and O–H groups in total. The largest absolute Gasteiger partial charge is 0.352 e. The van der Waals surface area contributed by atoms with E-state index in [-0.39, 0.29) is 54.5 Å². The van der Waals surface area contributed by atoms with Crippen LogP contribution in [0.1, 0.15) is 57.4 Å². The van der Waals surface area contributed by atoms with Gasteiger partial charge in [-0.15, -0.1) is 0 Å². The highest BCUT2D eigenvalue weighted by molar-refractivity contribution is 6.05. The lowest BCUT2D eigenvalue weighted by atomic mass is 9.85. The van der Waals surface area contributed by atoms with Crippen LogP contribution in [0.2, 0.25) is 0 Å². The van der Waals surface area contributed by atoms with Gasteiger partial charge in [0.15, 0.2) is 0 Å².